The van der Waals surface area contributed by atoms with Crippen molar-refractivity contribution in [3.05, 3.63) is 82.3 Å². The summed E-state index contributed by atoms with van der Waals surface area (Å²) in [4.78, 5) is 22.3. The minimum Gasteiger partial charge on any atom is -0.338 e. The summed E-state index contributed by atoms with van der Waals surface area (Å²) in [7, 11) is 0. The number of hydrogen-bond donors (Lipinski definition) is 1. The molecule has 0 bridgehead atoms. The molecule has 136 valence electrons. The molecule has 0 aliphatic heterocycles. The lowest BCUT2D eigenvalue weighted by atomic mass is 10.1. The van der Waals surface area contributed by atoms with Crippen LogP contribution in [0.5, 0.6) is 0 Å². The van der Waals surface area contributed by atoms with Gasteiger partial charge in [-0.15, -0.1) is 0 Å². The first-order valence-corrected chi connectivity index (χ1v) is 8.99. The summed E-state index contributed by atoms with van der Waals surface area (Å²) in [5.41, 5.74) is 3.64. The third-order valence-electron chi connectivity index (χ3n) is 4.56. The van der Waals surface area contributed by atoms with Crippen molar-refractivity contribution in [1.29, 1.82) is 0 Å². The Labute approximate surface area is 157 Å². The lowest BCUT2D eigenvalue weighted by Crippen LogP contribution is -2.27. The fourth-order valence-electron chi connectivity index (χ4n) is 3.18. The summed E-state index contributed by atoms with van der Waals surface area (Å²) < 4.78 is 1.70. The monoisotopic (exact) mass is 359 g/mol. The highest BCUT2D eigenvalue weighted by atomic mass is 16.1. The zero-order valence-electron chi connectivity index (χ0n) is 15.4. The van der Waals surface area contributed by atoms with Crippen molar-refractivity contribution < 1.29 is 0 Å². The SMILES string of the molecule is CCN(Cc1cccc(C)c1)c1nc2c(cnn2-c2ccccc2)c(=O)[nH]1. The highest BCUT2D eigenvalue weighted by Crippen LogP contribution is 2.18. The number of anilines is 1. The Kier molecular flexibility index (Phi) is 4.46. The lowest BCUT2D eigenvalue weighted by molar-refractivity contribution is 0.787. The molecule has 2 aromatic heterocycles. The highest BCUT2D eigenvalue weighted by Gasteiger charge is 2.15. The van der Waals surface area contributed by atoms with Crippen LogP contribution < -0.4 is 10.5 Å². The maximum absolute atomic E-state index is 12.6. The molecule has 4 aromatic rings. The van der Waals surface area contributed by atoms with Crippen molar-refractivity contribution in [3.8, 4) is 5.69 Å². The number of aryl methyl sites for hydroxylation is 1. The normalized spacial score (nSPS) is 11.0. The molecule has 0 unspecified atom stereocenters. The van der Waals surface area contributed by atoms with Gasteiger partial charge in [0.2, 0.25) is 5.95 Å². The molecule has 2 aromatic carbocycles. The molecule has 0 radical (unpaired) electrons. The number of H-pyrrole nitrogens is 1. The Morgan fingerprint density at radius 3 is 2.67 bits per heavy atom. The molecule has 6 nitrogen and oxygen atoms in total. The zero-order valence-corrected chi connectivity index (χ0v) is 15.4. The van der Waals surface area contributed by atoms with Crippen molar-refractivity contribution in [2.75, 3.05) is 11.4 Å². The quantitative estimate of drug-likeness (QED) is 0.593. The smallest absolute Gasteiger partial charge is 0.263 e. The van der Waals surface area contributed by atoms with Crippen molar-refractivity contribution in [3.63, 3.8) is 0 Å². The summed E-state index contributed by atoms with van der Waals surface area (Å²) in [5.74, 6) is 0.550. The van der Waals surface area contributed by atoms with E-state index in [1.807, 2.05) is 36.4 Å². The van der Waals surface area contributed by atoms with Gasteiger partial charge in [0, 0.05) is 13.1 Å². The molecule has 1 N–H and O–H groups in total. The van der Waals surface area contributed by atoms with E-state index in [1.165, 1.54) is 11.1 Å². The maximum Gasteiger partial charge on any atom is 0.263 e. The summed E-state index contributed by atoms with van der Waals surface area (Å²) >= 11 is 0. The zero-order chi connectivity index (χ0) is 18.8. The molecule has 0 saturated heterocycles. The van der Waals surface area contributed by atoms with E-state index in [0.29, 0.717) is 23.5 Å². The first-order chi connectivity index (χ1) is 13.2. The predicted molar refractivity (Wildman–Crippen MR) is 107 cm³/mol. The summed E-state index contributed by atoms with van der Waals surface area (Å²) in [6.45, 7) is 5.52. The number of rotatable bonds is 5. The number of aromatic amines is 1. The molecule has 27 heavy (non-hydrogen) atoms. The molecule has 0 amide bonds. The van der Waals surface area contributed by atoms with Crippen LogP contribution in [-0.2, 0) is 6.54 Å². The van der Waals surface area contributed by atoms with Gasteiger partial charge in [0.1, 0.15) is 5.39 Å². The van der Waals surface area contributed by atoms with E-state index in [4.69, 9.17) is 4.98 Å². The van der Waals surface area contributed by atoms with Gasteiger partial charge in [-0.25, -0.2) is 4.68 Å². The van der Waals surface area contributed by atoms with Gasteiger partial charge in [0.05, 0.1) is 11.9 Å². The van der Waals surface area contributed by atoms with E-state index in [9.17, 15) is 4.79 Å². The standard InChI is InChI=1S/C21H21N5O/c1-3-25(14-16-9-7-8-15(2)12-16)21-23-19-18(20(27)24-21)13-22-26(19)17-10-5-4-6-11-17/h4-13H,3,14H2,1-2H3,(H,23,24,27). The van der Waals surface area contributed by atoms with Gasteiger partial charge in [0.15, 0.2) is 5.65 Å². The molecular formula is C21H21N5O. The van der Waals surface area contributed by atoms with Gasteiger partial charge in [-0.3, -0.25) is 9.78 Å². The third-order valence-corrected chi connectivity index (χ3v) is 4.56. The average molecular weight is 359 g/mol. The van der Waals surface area contributed by atoms with Crippen molar-refractivity contribution >= 4 is 17.0 Å². The fourth-order valence-corrected chi connectivity index (χ4v) is 3.18. The second-order valence-corrected chi connectivity index (χ2v) is 6.52. The predicted octanol–water partition coefficient (Wildman–Crippen LogP) is 3.44. The van der Waals surface area contributed by atoms with Crippen LogP contribution >= 0.6 is 0 Å². The Hall–Kier alpha value is -3.41. The van der Waals surface area contributed by atoms with Crippen molar-refractivity contribution in [2.45, 2.75) is 20.4 Å². The molecule has 0 spiro atoms. The molecule has 0 atom stereocenters. The molecule has 4 rings (SSSR count). The van der Waals surface area contributed by atoms with Crippen LogP contribution in [0.4, 0.5) is 5.95 Å². The van der Waals surface area contributed by atoms with E-state index in [2.05, 4.69) is 47.0 Å². The second-order valence-electron chi connectivity index (χ2n) is 6.52. The van der Waals surface area contributed by atoms with E-state index in [-0.39, 0.29) is 5.56 Å². The fraction of sp³-hybridized carbons (Fsp3) is 0.190. The van der Waals surface area contributed by atoms with Gasteiger partial charge < -0.3 is 4.90 Å². The van der Waals surface area contributed by atoms with Crippen molar-refractivity contribution in [2.24, 2.45) is 0 Å². The Bertz CT molecular complexity index is 1130. The number of benzene rings is 2. The summed E-state index contributed by atoms with van der Waals surface area (Å²) in [6.07, 6.45) is 1.56. The highest BCUT2D eigenvalue weighted by molar-refractivity contribution is 5.76. The average Bonchev–Trinajstić information content (AvgIpc) is 3.11. The largest absolute Gasteiger partial charge is 0.338 e. The molecular weight excluding hydrogens is 338 g/mol. The van der Waals surface area contributed by atoms with E-state index in [0.717, 1.165) is 12.2 Å². The minimum absolute atomic E-state index is 0.181. The Morgan fingerprint density at radius 1 is 1.11 bits per heavy atom. The Balaban J connectivity index is 1.78. The third kappa shape index (κ3) is 3.33. The minimum atomic E-state index is -0.181. The van der Waals surface area contributed by atoms with Crippen LogP contribution in [0.15, 0.2) is 65.6 Å². The van der Waals surface area contributed by atoms with Gasteiger partial charge >= 0.3 is 0 Å². The van der Waals surface area contributed by atoms with Gasteiger partial charge in [-0.1, -0.05) is 48.0 Å². The number of nitrogens with one attached hydrogen (secondary N) is 1. The van der Waals surface area contributed by atoms with Crippen LogP contribution in [0, 0.1) is 6.92 Å². The van der Waals surface area contributed by atoms with Gasteiger partial charge in [0.25, 0.3) is 5.56 Å². The van der Waals surface area contributed by atoms with Crippen molar-refractivity contribution in [1.82, 2.24) is 19.7 Å². The topological polar surface area (TPSA) is 66.8 Å². The summed E-state index contributed by atoms with van der Waals surface area (Å²) in [6, 6.07) is 18.1. The second kappa shape index (κ2) is 7.07. The number of hydrogen-bond acceptors (Lipinski definition) is 4. The van der Waals surface area contributed by atoms with Gasteiger partial charge in [-0.05, 0) is 31.5 Å². The van der Waals surface area contributed by atoms with Gasteiger partial charge in [-0.2, -0.15) is 10.1 Å². The van der Waals surface area contributed by atoms with Crippen LogP contribution in [0.2, 0.25) is 0 Å². The van der Waals surface area contributed by atoms with Crippen LogP contribution in [0.25, 0.3) is 16.7 Å². The molecule has 0 saturated carbocycles. The first-order valence-electron chi connectivity index (χ1n) is 8.99. The van der Waals surface area contributed by atoms with E-state index in [1.54, 1.807) is 10.9 Å². The molecule has 2 heterocycles. The number of fused-ring (bicyclic) bond motifs is 1. The van der Waals surface area contributed by atoms with E-state index < -0.39 is 0 Å². The number of aromatic nitrogens is 4. The van der Waals surface area contributed by atoms with E-state index >= 15 is 0 Å². The first kappa shape index (κ1) is 17.0. The van der Waals surface area contributed by atoms with Crippen LogP contribution in [0.3, 0.4) is 0 Å². The number of para-hydroxylation sites is 1. The Morgan fingerprint density at radius 2 is 1.93 bits per heavy atom. The lowest BCUT2D eigenvalue weighted by Gasteiger charge is -2.21. The molecule has 0 aliphatic carbocycles. The van der Waals surface area contributed by atoms with Crippen LogP contribution in [0.1, 0.15) is 18.1 Å². The molecule has 0 fully saturated rings. The molecule has 6 heteroatoms. The number of nitrogens with zero attached hydrogens (tertiary/aromatic N) is 4. The maximum atomic E-state index is 12.6. The summed E-state index contributed by atoms with van der Waals surface area (Å²) in [5, 5.41) is 4.84. The molecule has 0 aliphatic rings. The van der Waals surface area contributed by atoms with Crippen LogP contribution in [-0.4, -0.2) is 26.3 Å².